The largest absolute Gasteiger partial charge is 0.351 e. The van der Waals surface area contributed by atoms with E-state index in [-0.39, 0.29) is 17.9 Å². The molecule has 1 aliphatic rings. The summed E-state index contributed by atoms with van der Waals surface area (Å²) in [5.74, 6) is 0.0325. The van der Waals surface area contributed by atoms with E-state index in [9.17, 15) is 9.59 Å². The van der Waals surface area contributed by atoms with E-state index in [0.717, 1.165) is 29.4 Å². The van der Waals surface area contributed by atoms with Crippen LogP contribution in [0.4, 0.5) is 0 Å². The van der Waals surface area contributed by atoms with Gasteiger partial charge in [0.1, 0.15) is 0 Å². The maximum atomic E-state index is 12.4. The van der Waals surface area contributed by atoms with Crippen molar-refractivity contribution in [1.82, 2.24) is 15.5 Å². The van der Waals surface area contributed by atoms with Crippen molar-refractivity contribution in [3.8, 4) is 0 Å². The highest BCUT2D eigenvalue weighted by Gasteiger charge is 2.24. The minimum Gasteiger partial charge on any atom is -0.351 e. The van der Waals surface area contributed by atoms with Crippen molar-refractivity contribution in [2.45, 2.75) is 26.4 Å². The molecule has 0 saturated carbocycles. The van der Waals surface area contributed by atoms with E-state index in [0.29, 0.717) is 6.54 Å². The maximum absolute atomic E-state index is 12.4. The Hall–Kier alpha value is -1.40. The Kier molecular flexibility index (Phi) is 4.55. The Morgan fingerprint density at radius 3 is 3.00 bits per heavy atom. The van der Waals surface area contributed by atoms with Crippen molar-refractivity contribution in [1.29, 1.82) is 0 Å². The normalized spacial score (nSPS) is 19.3. The summed E-state index contributed by atoms with van der Waals surface area (Å²) in [6.45, 7) is 6.47. The molecule has 6 heteroatoms. The number of thiophene rings is 1. The number of carbonyl (C=O) groups excluding carboxylic acids is 2. The molecule has 0 spiro atoms. The minimum absolute atomic E-state index is 0.0583. The fraction of sp³-hybridized carbons (Fsp3) is 0.538. The van der Waals surface area contributed by atoms with Gasteiger partial charge in [0.2, 0.25) is 5.91 Å². The lowest BCUT2D eigenvalue weighted by Crippen LogP contribution is -2.52. The van der Waals surface area contributed by atoms with Gasteiger partial charge >= 0.3 is 0 Å². The molecule has 2 rings (SSSR count). The Balaban J connectivity index is 2.01. The van der Waals surface area contributed by atoms with Crippen molar-refractivity contribution < 1.29 is 9.59 Å². The molecule has 1 aromatic rings. The number of rotatable bonds is 3. The zero-order chi connectivity index (χ0) is 13.8. The van der Waals surface area contributed by atoms with Crippen LogP contribution in [0.3, 0.4) is 0 Å². The average molecular weight is 281 g/mol. The molecule has 1 aliphatic heterocycles. The summed E-state index contributed by atoms with van der Waals surface area (Å²) >= 11 is 1.45. The zero-order valence-corrected chi connectivity index (χ0v) is 12.0. The van der Waals surface area contributed by atoms with Crippen molar-refractivity contribution in [2.24, 2.45) is 0 Å². The van der Waals surface area contributed by atoms with E-state index >= 15 is 0 Å². The van der Waals surface area contributed by atoms with Crippen LogP contribution in [-0.4, -0.2) is 42.4 Å². The van der Waals surface area contributed by atoms with Crippen molar-refractivity contribution in [3.05, 3.63) is 21.9 Å². The number of piperazine rings is 1. The lowest BCUT2D eigenvalue weighted by molar-refractivity contribution is -0.119. The quantitative estimate of drug-likeness (QED) is 0.862. The third-order valence-corrected chi connectivity index (χ3v) is 4.22. The second-order valence-electron chi connectivity index (χ2n) is 4.73. The molecule has 0 bridgehead atoms. The molecule has 104 valence electrons. The maximum Gasteiger partial charge on any atom is 0.264 e. The number of amides is 2. The summed E-state index contributed by atoms with van der Waals surface area (Å²) in [4.78, 5) is 26.9. The topological polar surface area (TPSA) is 61.4 Å². The highest BCUT2D eigenvalue weighted by atomic mass is 32.1. The summed E-state index contributed by atoms with van der Waals surface area (Å²) < 4.78 is 0. The Morgan fingerprint density at radius 1 is 1.53 bits per heavy atom. The first kappa shape index (κ1) is 14.0. The molecular formula is C13H19N3O2S. The molecule has 0 radical (unpaired) electrons. The van der Waals surface area contributed by atoms with Gasteiger partial charge in [0.05, 0.1) is 11.4 Å². The smallest absolute Gasteiger partial charge is 0.264 e. The van der Waals surface area contributed by atoms with Gasteiger partial charge in [-0.25, -0.2) is 0 Å². The number of carbonyl (C=O) groups is 2. The fourth-order valence-electron chi connectivity index (χ4n) is 2.08. The first-order chi connectivity index (χ1) is 9.08. The van der Waals surface area contributed by atoms with Crippen LogP contribution >= 0.6 is 11.3 Å². The summed E-state index contributed by atoms with van der Waals surface area (Å²) in [5.41, 5.74) is 0. The van der Waals surface area contributed by atoms with Gasteiger partial charge in [-0.2, -0.15) is 0 Å². The fourth-order valence-corrected chi connectivity index (χ4v) is 2.99. The molecule has 5 nitrogen and oxygen atoms in total. The molecule has 1 atom stereocenters. The van der Waals surface area contributed by atoms with Gasteiger partial charge < -0.3 is 15.5 Å². The van der Waals surface area contributed by atoms with E-state index in [4.69, 9.17) is 0 Å². The van der Waals surface area contributed by atoms with Crippen LogP contribution in [-0.2, 0) is 11.3 Å². The highest BCUT2D eigenvalue weighted by Crippen LogP contribution is 2.19. The SMILES string of the molecule is CC(=O)NCc1ccc(C(=O)N2CCNC[C@@H]2C)s1. The highest BCUT2D eigenvalue weighted by molar-refractivity contribution is 7.14. The molecule has 0 aromatic carbocycles. The van der Waals surface area contributed by atoms with Crippen molar-refractivity contribution in [3.63, 3.8) is 0 Å². The zero-order valence-electron chi connectivity index (χ0n) is 11.2. The third-order valence-electron chi connectivity index (χ3n) is 3.15. The molecule has 2 amide bonds. The molecule has 0 aliphatic carbocycles. The second-order valence-corrected chi connectivity index (χ2v) is 5.90. The van der Waals surface area contributed by atoms with Crippen LogP contribution in [0.1, 0.15) is 28.4 Å². The molecule has 0 unspecified atom stereocenters. The Labute approximate surface area is 117 Å². The van der Waals surface area contributed by atoms with Gasteiger partial charge in [0, 0.05) is 37.5 Å². The molecule has 1 fully saturated rings. The average Bonchev–Trinajstić information content (AvgIpc) is 2.85. The molecule has 1 aromatic heterocycles. The molecular weight excluding hydrogens is 262 g/mol. The van der Waals surface area contributed by atoms with E-state index in [2.05, 4.69) is 17.6 Å². The van der Waals surface area contributed by atoms with Crippen LogP contribution in [0.5, 0.6) is 0 Å². The van der Waals surface area contributed by atoms with Crippen LogP contribution in [0.15, 0.2) is 12.1 Å². The lowest BCUT2D eigenvalue weighted by Gasteiger charge is -2.33. The molecule has 2 heterocycles. The van der Waals surface area contributed by atoms with Crippen LogP contribution in [0.2, 0.25) is 0 Å². The third kappa shape index (κ3) is 3.54. The molecule has 19 heavy (non-hydrogen) atoms. The standard InChI is InChI=1S/C13H19N3O2S/c1-9-7-14-5-6-16(9)13(18)12-4-3-11(19-12)8-15-10(2)17/h3-4,9,14H,5-8H2,1-2H3,(H,15,17)/t9-/m0/s1. The predicted octanol–water partition coefficient (Wildman–Crippen LogP) is 0.818. The van der Waals surface area contributed by atoms with Gasteiger partial charge in [-0.3, -0.25) is 9.59 Å². The first-order valence-corrected chi connectivity index (χ1v) is 7.24. The number of nitrogens with zero attached hydrogens (tertiary/aromatic N) is 1. The van der Waals surface area contributed by atoms with Crippen LogP contribution in [0.25, 0.3) is 0 Å². The van der Waals surface area contributed by atoms with Crippen LogP contribution in [0, 0.1) is 0 Å². The second kappa shape index (κ2) is 6.16. The van der Waals surface area contributed by atoms with Gasteiger partial charge in [0.15, 0.2) is 0 Å². The lowest BCUT2D eigenvalue weighted by atomic mass is 10.2. The Bertz CT molecular complexity index is 472. The summed E-state index contributed by atoms with van der Waals surface area (Å²) in [5, 5.41) is 6.01. The number of nitrogens with one attached hydrogen (secondary N) is 2. The summed E-state index contributed by atoms with van der Waals surface area (Å²) in [6.07, 6.45) is 0. The summed E-state index contributed by atoms with van der Waals surface area (Å²) in [6, 6.07) is 3.97. The van der Waals surface area contributed by atoms with E-state index < -0.39 is 0 Å². The Morgan fingerprint density at radius 2 is 2.32 bits per heavy atom. The molecule has 2 N–H and O–H groups in total. The number of hydrogen-bond donors (Lipinski definition) is 2. The van der Waals surface area contributed by atoms with Gasteiger partial charge in [0.25, 0.3) is 5.91 Å². The van der Waals surface area contributed by atoms with Crippen molar-refractivity contribution >= 4 is 23.2 Å². The monoisotopic (exact) mass is 281 g/mol. The van der Waals surface area contributed by atoms with Gasteiger partial charge in [-0.15, -0.1) is 11.3 Å². The van der Waals surface area contributed by atoms with Gasteiger partial charge in [-0.1, -0.05) is 0 Å². The van der Waals surface area contributed by atoms with Crippen LogP contribution < -0.4 is 10.6 Å². The van der Waals surface area contributed by atoms with Gasteiger partial charge in [-0.05, 0) is 19.1 Å². The first-order valence-electron chi connectivity index (χ1n) is 6.43. The predicted molar refractivity (Wildman–Crippen MR) is 75.2 cm³/mol. The minimum atomic E-state index is -0.0583. The van der Waals surface area contributed by atoms with Crippen molar-refractivity contribution in [2.75, 3.05) is 19.6 Å². The van der Waals surface area contributed by atoms with E-state index in [1.807, 2.05) is 17.0 Å². The van der Waals surface area contributed by atoms with E-state index in [1.165, 1.54) is 18.3 Å². The number of hydrogen-bond acceptors (Lipinski definition) is 4. The van der Waals surface area contributed by atoms with E-state index in [1.54, 1.807) is 0 Å². The summed E-state index contributed by atoms with van der Waals surface area (Å²) in [7, 11) is 0. The molecule has 1 saturated heterocycles.